The molecule has 0 saturated carbocycles. The molecular formula is C16H22N2OS. The maximum absolute atomic E-state index is 5.78. The van der Waals surface area contributed by atoms with Crippen molar-refractivity contribution in [1.82, 2.24) is 5.32 Å². The maximum Gasteiger partial charge on any atom is 0.156 e. The fraction of sp³-hybridized carbons (Fsp3) is 0.562. The van der Waals surface area contributed by atoms with E-state index in [1.165, 1.54) is 12.0 Å². The van der Waals surface area contributed by atoms with Crippen LogP contribution in [0.1, 0.15) is 25.3 Å². The number of hydrogen-bond donors (Lipinski definition) is 1. The fourth-order valence-corrected chi connectivity index (χ4v) is 3.70. The lowest BCUT2D eigenvalue weighted by Crippen LogP contribution is -2.31. The van der Waals surface area contributed by atoms with E-state index < -0.39 is 0 Å². The third-order valence-electron chi connectivity index (χ3n) is 3.93. The molecule has 0 bridgehead atoms. The SMILES string of the molecule is CC1(CN=C2NC(Cc3ccccc3)CS2)CCCO1. The van der Waals surface area contributed by atoms with Gasteiger partial charge >= 0.3 is 0 Å². The van der Waals surface area contributed by atoms with E-state index in [0.717, 1.165) is 36.9 Å². The van der Waals surface area contributed by atoms with Crippen LogP contribution in [-0.2, 0) is 11.2 Å². The number of aliphatic imine (C=N–C) groups is 1. The van der Waals surface area contributed by atoms with Crippen molar-refractivity contribution in [3.63, 3.8) is 0 Å². The Bertz CT molecular complexity index is 469. The molecule has 2 aliphatic rings. The quantitative estimate of drug-likeness (QED) is 0.926. The lowest BCUT2D eigenvalue weighted by atomic mass is 10.0. The minimum Gasteiger partial charge on any atom is -0.373 e. The van der Waals surface area contributed by atoms with E-state index in [1.807, 2.05) is 11.8 Å². The molecule has 1 aromatic carbocycles. The van der Waals surface area contributed by atoms with Crippen LogP contribution in [0.15, 0.2) is 35.3 Å². The Morgan fingerprint density at radius 1 is 1.40 bits per heavy atom. The number of nitrogens with zero attached hydrogens (tertiary/aromatic N) is 1. The first-order chi connectivity index (χ1) is 9.73. The Labute approximate surface area is 125 Å². The fourth-order valence-electron chi connectivity index (χ4n) is 2.74. The maximum atomic E-state index is 5.78. The molecular weight excluding hydrogens is 268 g/mol. The molecule has 0 spiro atoms. The minimum absolute atomic E-state index is 0.0350. The number of amidine groups is 1. The largest absolute Gasteiger partial charge is 0.373 e. The lowest BCUT2D eigenvalue weighted by molar-refractivity contribution is 0.0285. The van der Waals surface area contributed by atoms with Crippen LogP contribution in [0.5, 0.6) is 0 Å². The molecule has 2 saturated heterocycles. The molecule has 2 unspecified atom stereocenters. The zero-order valence-electron chi connectivity index (χ0n) is 12.0. The number of rotatable bonds is 4. The molecule has 4 heteroatoms. The average Bonchev–Trinajstić information content (AvgIpc) is 3.08. The third kappa shape index (κ3) is 3.55. The topological polar surface area (TPSA) is 33.6 Å². The van der Waals surface area contributed by atoms with Crippen LogP contribution in [0.2, 0.25) is 0 Å². The van der Waals surface area contributed by atoms with Crippen LogP contribution in [-0.4, -0.2) is 35.7 Å². The lowest BCUT2D eigenvalue weighted by Gasteiger charge is -2.20. The van der Waals surface area contributed by atoms with Gasteiger partial charge in [-0.25, -0.2) is 0 Å². The molecule has 2 atom stereocenters. The summed E-state index contributed by atoms with van der Waals surface area (Å²) in [6, 6.07) is 11.1. The summed E-state index contributed by atoms with van der Waals surface area (Å²) in [5, 5.41) is 4.62. The molecule has 2 heterocycles. The van der Waals surface area contributed by atoms with E-state index >= 15 is 0 Å². The van der Waals surface area contributed by atoms with Gasteiger partial charge in [0.25, 0.3) is 0 Å². The van der Waals surface area contributed by atoms with Gasteiger partial charge in [-0.15, -0.1) is 0 Å². The number of thioether (sulfide) groups is 1. The first-order valence-electron chi connectivity index (χ1n) is 7.35. The smallest absolute Gasteiger partial charge is 0.156 e. The van der Waals surface area contributed by atoms with Crippen LogP contribution in [0.25, 0.3) is 0 Å². The van der Waals surface area contributed by atoms with Crippen molar-refractivity contribution < 1.29 is 4.74 Å². The highest BCUT2D eigenvalue weighted by atomic mass is 32.2. The summed E-state index contributed by atoms with van der Waals surface area (Å²) in [5.41, 5.74) is 1.35. The monoisotopic (exact) mass is 290 g/mol. The molecule has 3 rings (SSSR count). The van der Waals surface area contributed by atoms with E-state index in [-0.39, 0.29) is 5.60 Å². The van der Waals surface area contributed by atoms with E-state index in [4.69, 9.17) is 9.73 Å². The summed E-state index contributed by atoms with van der Waals surface area (Å²) in [6.45, 7) is 3.84. The van der Waals surface area contributed by atoms with Gasteiger partial charge in [0, 0.05) is 18.4 Å². The first-order valence-corrected chi connectivity index (χ1v) is 8.34. The summed E-state index contributed by atoms with van der Waals surface area (Å²) in [6.07, 6.45) is 3.36. The molecule has 0 aromatic heterocycles. The van der Waals surface area contributed by atoms with Gasteiger partial charge < -0.3 is 10.1 Å². The molecule has 1 aromatic rings. The first kappa shape index (κ1) is 14.0. The second kappa shape index (κ2) is 6.19. The van der Waals surface area contributed by atoms with E-state index in [2.05, 4.69) is 42.6 Å². The number of ether oxygens (including phenoxy) is 1. The van der Waals surface area contributed by atoms with Crippen molar-refractivity contribution >= 4 is 16.9 Å². The number of nitrogens with one attached hydrogen (secondary N) is 1. The predicted molar refractivity (Wildman–Crippen MR) is 85.4 cm³/mol. The molecule has 2 fully saturated rings. The molecule has 0 amide bonds. The zero-order valence-corrected chi connectivity index (χ0v) is 12.8. The van der Waals surface area contributed by atoms with Crippen molar-refractivity contribution in [2.45, 2.75) is 37.8 Å². The van der Waals surface area contributed by atoms with Crippen molar-refractivity contribution in [2.75, 3.05) is 18.9 Å². The van der Waals surface area contributed by atoms with Gasteiger partial charge in [0.2, 0.25) is 0 Å². The number of hydrogen-bond acceptors (Lipinski definition) is 3. The summed E-state index contributed by atoms with van der Waals surface area (Å²) in [5.74, 6) is 1.10. The van der Waals surface area contributed by atoms with Crippen molar-refractivity contribution in [3.8, 4) is 0 Å². The Morgan fingerprint density at radius 2 is 2.25 bits per heavy atom. The van der Waals surface area contributed by atoms with Gasteiger partial charge in [0.1, 0.15) is 0 Å². The molecule has 2 aliphatic heterocycles. The Hall–Kier alpha value is -1.00. The molecule has 0 radical (unpaired) electrons. The molecule has 108 valence electrons. The van der Waals surface area contributed by atoms with Crippen LogP contribution in [0.4, 0.5) is 0 Å². The number of benzene rings is 1. The molecule has 3 nitrogen and oxygen atoms in total. The van der Waals surface area contributed by atoms with Crippen molar-refractivity contribution in [3.05, 3.63) is 35.9 Å². The summed E-state index contributed by atoms with van der Waals surface area (Å²) in [4.78, 5) is 4.71. The van der Waals surface area contributed by atoms with Crippen LogP contribution in [0, 0.1) is 0 Å². The Morgan fingerprint density at radius 3 is 3.00 bits per heavy atom. The van der Waals surface area contributed by atoms with E-state index in [0.29, 0.717) is 6.04 Å². The molecule has 1 N–H and O–H groups in total. The minimum atomic E-state index is -0.0350. The van der Waals surface area contributed by atoms with Crippen LogP contribution < -0.4 is 5.32 Å². The highest BCUT2D eigenvalue weighted by Gasteiger charge is 2.30. The molecule has 0 aliphatic carbocycles. The van der Waals surface area contributed by atoms with Gasteiger partial charge in [-0.3, -0.25) is 4.99 Å². The van der Waals surface area contributed by atoms with Gasteiger partial charge in [0.15, 0.2) is 5.17 Å². The second-order valence-corrected chi connectivity index (χ2v) is 6.87. The highest BCUT2D eigenvalue weighted by Crippen LogP contribution is 2.26. The standard InChI is InChI=1S/C16H22N2OS/c1-16(8-5-9-19-16)12-17-15-18-14(11-20-15)10-13-6-3-2-4-7-13/h2-4,6-7,14H,5,8-12H2,1H3,(H,17,18). The summed E-state index contributed by atoms with van der Waals surface area (Å²) in [7, 11) is 0. The molecule has 20 heavy (non-hydrogen) atoms. The van der Waals surface area contributed by atoms with Crippen molar-refractivity contribution in [1.29, 1.82) is 0 Å². The van der Waals surface area contributed by atoms with E-state index in [9.17, 15) is 0 Å². The van der Waals surface area contributed by atoms with Gasteiger partial charge in [-0.05, 0) is 31.7 Å². The second-order valence-electron chi connectivity index (χ2n) is 5.87. The Balaban J connectivity index is 1.51. The van der Waals surface area contributed by atoms with Crippen LogP contribution >= 0.6 is 11.8 Å². The summed E-state index contributed by atoms with van der Waals surface area (Å²) < 4.78 is 5.78. The van der Waals surface area contributed by atoms with Crippen molar-refractivity contribution in [2.24, 2.45) is 4.99 Å². The third-order valence-corrected chi connectivity index (χ3v) is 5.02. The zero-order chi connectivity index (χ0) is 13.8. The van der Waals surface area contributed by atoms with E-state index in [1.54, 1.807) is 0 Å². The Kier molecular flexibility index (Phi) is 4.32. The van der Waals surface area contributed by atoms with Gasteiger partial charge in [0.05, 0.1) is 12.1 Å². The van der Waals surface area contributed by atoms with Crippen LogP contribution in [0.3, 0.4) is 0 Å². The normalized spacial score (nSPS) is 31.6. The average molecular weight is 290 g/mol. The predicted octanol–water partition coefficient (Wildman–Crippen LogP) is 2.86. The highest BCUT2D eigenvalue weighted by molar-refractivity contribution is 8.14. The summed E-state index contributed by atoms with van der Waals surface area (Å²) >= 11 is 1.84. The van der Waals surface area contributed by atoms with Gasteiger partial charge in [-0.1, -0.05) is 42.1 Å². The van der Waals surface area contributed by atoms with Gasteiger partial charge in [-0.2, -0.15) is 0 Å².